The summed E-state index contributed by atoms with van der Waals surface area (Å²) in [7, 11) is 0. The van der Waals surface area contributed by atoms with Crippen LogP contribution in [0.15, 0.2) is 35.3 Å². The second-order valence-corrected chi connectivity index (χ2v) is 5.72. The molecule has 0 aliphatic carbocycles. The van der Waals surface area contributed by atoms with Crippen LogP contribution in [0.25, 0.3) is 0 Å². The first-order valence-corrected chi connectivity index (χ1v) is 7.54. The zero-order chi connectivity index (χ0) is 13.8. The minimum absolute atomic E-state index is 0.205. The lowest BCUT2D eigenvalue weighted by molar-refractivity contribution is -0.0265. The minimum Gasteiger partial charge on any atom is -0.373 e. The highest BCUT2D eigenvalue weighted by atomic mass is 16.5. The van der Waals surface area contributed by atoms with Crippen LogP contribution >= 0.6 is 0 Å². The van der Waals surface area contributed by atoms with Crippen molar-refractivity contribution >= 4 is 5.96 Å². The van der Waals surface area contributed by atoms with Crippen molar-refractivity contribution in [3.8, 4) is 0 Å². The fourth-order valence-corrected chi connectivity index (χ4v) is 2.95. The van der Waals surface area contributed by atoms with Gasteiger partial charge in [0.15, 0.2) is 5.96 Å². The fourth-order valence-electron chi connectivity index (χ4n) is 2.95. The van der Waals surface area contributed by atoms with E-state index in [2.05, 4.69) is 52.9 Å². The van der Waals surface area contributed by atoms with Gasteiger partial charge in [0.2, 0.25) is 0 Å². The minimum atomic E-state index is 0.205. The van der Waals surface area contributed by atoms with Gasteiger partial charge in [-0.25, -0.2) is 0 Å². The molecule has 0 spiro atoms. The van der Waals surface area contributed by atoms with Gasteiger partial charge in [-0.05, 0) is 25.3 Å². The van der Waals surface area contributed by atoms with Crippen LogP contribution in [0.1, 0.15) is 31.4 Å². The zero-order valence-corrected chi connectivity index (χ0v) is 12.0. The Morgan fingerprint density at radius 1 is 1.35 bits per heavy atom. The highest BCUT2D eigenvalue weighted by Crippen LogP contribution is 2.33. The number of hydrogen-bond donors (Lipinski definition) is 2. The molecule has 3 atom stereocenters. The van der Waals surface area contributed by atoms with Crippen molar-refractivity contribution in [2.75, 3.05) is 19.7 Å². The van der Waals surface area contributed by atoms with Crippen molar-refractivity contribution in [3.63, 3.8) is 0 Å². The Kier molecular flexibility index (Phi) is 4.21. The molecule has 0 aromatic heterocycles. The highest BCUT2D eigenvalue weighted by Gasteiger charge is 2.27. The summed E-state index contributed by atoms with van der Waals surface area (Å²) in [6.07, 6.45) is 2.55. The Morgan fingerprint density at radius 3 is 2.95 bits per heavy atom. The smallest absolute Gasteiger partial charge is 0.191 e. The van der Waals surface area contributed by atoms with Gasteiger partial charge in [-0.15, -0.1) is 0 Å². The van der Waals surface area contributed by atoms with E-state index in [1.807, 2.05) is 0 Å². The molecule has 1 aromatic rings. The van der Waals surface area contributed by atoms with Crippen LogP contribution in [0.5, 0.6) is 0 Å². The van der Waals surface area contributed by atoms with Crippen molar-refractivity contribution in [2.45, 2.75) is 31.9 Å². The molecule has 1 fully saturated rings. The normalized spacial score (nSPS) is 29.6. The molecule has 108 valence electrons. The molecule has 0 saturated carbocycles. The van der Waals surface area contributed by atoms with Crippen molar-refractivity contribution < 1.29 is 4.74 Å². The van der Waals surface area contributed by atoms with Crippen molar-refractivity contribution in [3.05, 3.63) is 35.9 Å². The average molecular weight is 273 g/mol. The lowest BCUT2D eigenvalue weighted by Crippen LogP contribution is -2.41. The number of nitrogens with one attached hydrogen (secondary N) is 2. The summed E-state index contributed by atoms with van der Waals surface area (Å²) in [5.74, 6) is 1.45. The molecule has 0 amide bonds. The summed E-state index contributed by atoms with van der Waals surface area (Å²) in [6, 6.07) is 11.0. The SMILES string of the molecule is CC1CN=C(NCC2CCCOC2c2ccccc2)N1. The van der Waals surface area contributed by atoms with Crippen LogP contribution in [0, 0.1) is 5.92 Å². The topological polar surface area (TPSA) is 45.7 Å². The van der Waals surface area contributed by atoms with E-state index in [-0.39, 0.29) is 6.10 Å². The first-order valence-electron chi connectivity index (χ1n) is 7.54. The standard InChI is InChI=1S/C16H23N3O/c1-12-10-17-16(19-12)18-11-14-8-5-9-20-15(14)13-6-3-2-4-7-13/h2-4,6-7,12,14-15H,5,8-11H2,1H3,(H2,17,18,19). The summed E-state index contributed by atoms with van der Waals surface area (Å²) in [6.45, 7) is 4.80. The van der Waals surface area contributed by atoms with Gasteiger partial charge in [0.05, 0.1) is 12.6 Å². The van der Waals surface area contributed by atoms with Gasteiger partial charge in [0.25, 0.3) is 0 Å². The number of guanidine groups is 1. The Labute approximate surface area is 120 Å². The molecule has 4 heteroatoms. The zero-order valence-electron chi connectivity index (χ0n) is 12.0. The molecular weight excluding hydrogens is 250 g/mol. The third-order valence-electron chi connectivity index (χ3n) is 4.01. The quantitative estimate of drug-likeness (QED) is 0.886. The molecule has 2 heterocycles. The second kappa shape index (κ2) is 6.27. The Morgan fingerprint density at radius 2 is 2.20 bits per heavy atom. The van der Waals surface area contributed by atoms with E-state index in [1.165, 1.54) is 12.0 Å². The Balaban J connectivity index is 1.61. The van der Waals surface area contributed by atoms with E-state index in [0.717, 1.165) is 32.1 Å². The molecule has 20 heavy (non-hydrogen) atoms. The molecule has 1 aromatic carbocycles. The van der Waals surface area contributed by atoms with E-state index >= 15 is 0 Å². The van der Waals surface area contributed by atoms with Crippen LogP contribution in [-0.2, 0) is 4.74 Å². The number of benzene rings is 1. The first-order chi connectivity index (χ1) is 9.83. The first kappa shape index (κ1) is 13.4. The van der Waals surface area contributed by atoms with Crippen LogP contribution < -0.4 is 10.6 Å². The van der Waals surface area contributed by atoms with E-state index in [4.69, 9.17) is 4.74 Å². The van der Waals surface area contributed by atoms with Gasteiger partial charge in [-0.2, -0.15) is 0 Å². The maximum Gasteiger partial charge on any atom is 0.191 e. The number of aliphatic imine (C=N–C) groups is 1. The van der Waals surface area contributed by atoms with Gasteiger partial charge < -0.3 is 15.4 Å². The molecule has 0 bridgehead atoms. The molecule has 2 N–H and O–H groups in total. The summed E-state index contributed by atoms with van der Waals surface area (Å²) >= 11 is 0. The van der Waals surface area contributed by atoms with Gasteiger partial charge in [-0.1, -0.05) is 30.3 Å². The summed E-state index contributed by atoms with van der Waals surface area (Å²) in [5, 5.41) is 6.79. The second-order valence-electron chi connectivity index (χ2n) is 5.72. The Hall–Kier alpha value is -1.55. The molecule has 3 unspecified atom stereocenters. The van der Waals surface area contributed by atoms with Gasteiger partial charge >= 0.3 is 0 Å². The third-order valence-corrected chi connectivity index (χ3v) is 4.01. The predicted octanol–water partition coefficient (Wildman–Crippen LogP) is 2.09. The van der Waals surface area contributed by atoms with Crippen LogP contribution in [0.3, 0.4) is 0 Å². The summed E-state index contributed by atoms with van der Waals surface area (Å²) in [5.41, 5.74) is 1.29. The van der Waals surface area contributed by atoms with E-state index < -0.39 is 0 Å². The lowest BCUT2D eigenvalue weighted by Gasteiger charge is -2.32. The lowest BCUT2D eigenvalue weighted by atomic mass is 9.89. The van der Waals surface area contributed by atoms with E-state index in [1.54, 1.807) is 0 Å². The molecular formula is C16H23N3O. The molecule has 4 nitrogen and oxygen atoms in total. The van der Waals surface area contributed by atoms with Gasteiger partial charge in [0, 0.05) is 25.1 Å². The number of hydrogen-bond acceptors (Lipinski definition) is 4. The summed E-state index contributed by atoms with van der Waals surface area (Å²) < 4.78 is 6.01. The van der Waals surface area contributed by atoms with Gasteiger partial charge in [-0.3, -0.25) is 4.99 Å². The monoisotopic (exact) mass is 273 g/mol. The molecule has 0 radical (unpaired) electrons. The van der Waals surface area contributed by atoms with Crippen LogP contribution in [0.4, 0.5) is 0 Å². The molecule has 2 aliphatic rings. The number of nitrogens with zero attached hydrogens (tertiary/aromatic N) is 1. The van der Waals surface area contributed by atoms with E-state index in [9.17, 15) is 0 Å². The number of ether oxygens (including phenoxy) is 1. The maximum atomic E-state index is 6.01. The van der Waals surface area contributed by atoms with Crippen LogP contribution in [0.2, 0.25) is 0 Å². The van der Waals surface area contributed by atoms with Crippen molar-refractivity contribution in [1.29, 1.82) is 0 Å². The molecule has 3 rings (SSSR count). The van der Waals surface area contributed by atoms with E-state index in [0.29, 0.717) is 12.0 Å². The van der Waals surface area contributed by atoms with Crippen LogP contribution in [-0.4, -0.2) is 31.7 Å². The maximum absolute atomic E-state index is 6.01. The average Bonchev–Trinajstić information content (AvgIpc) is 2.92. The summed E-state index contributed by atoms with van der Waals surface area (Å²) in [4.78, 5) is 4.45. The molecule has 2 aliphatic heterocycles. The largest absolute Gasteiger partial charge is 0.373 e. The third kappa shape index (κ3) is 3.12. The van der Waals surface area contributed by atoms with Crippen molar-refractivity contribution in [2.24, 2.45) is 10.9 Å². The number of rotatable bonds is 3. The fraction of sp³-hybridized carbons (Fsp3) is 0.562. The Bertz CT molecular complexity index is 460. The van der Waals surface area contributed by atoms with Gasteiger partial charge in [0.1, 0.15) is 0 Å². The highest BCUT2D eigenvalue weighted by molar-refractivity contribution is 5.81. The molecule has 1 saturated heterocycles. The predicted molar refractivity (Wildman–Crippen MR) is 80.8 cm³/mol. The van der Waals surface area contributed by atoms with Crippen molar-refractivity contribution in [1.82, 2.24) is 10.6 Å².